The van der Waals surface area contributed by atoms with Crippen LogP contribution < -0.4 is 5.46 Å². The van der Waals surface area contributed by atoms with Gasteiger partial charge in [-0.25, -0.2) is 0 Å². The van der Waals surface area contributed by atoms with Crippen LogP contribution in [0.2, 0.25) is 10.0 Å². The van der Waals surface area contributed by atoms with E-state index in [0.717, 1.165) is 5.56 Å². The molecular formula is C7H7BCl2O2. The highest BCUT2D eigenvalue weighted by Gasteiger charge is 2.16. The standard InChI is InChI=1S/C7H7BCl2O2/c1-4-2-5(9)3-6(7(4)10)8(11)12/h2-3,11-12H,1H3. The maximum atomic E-state index is 8.87. The molecule has 0 bridgehead atoms. The van der Waals surface area contributed by atoms with Crippen LogP contribution in [-0.4, -0.2) is 17.2 Å². The summed E-state index contributed by atoms with van der Waals surface area (Å²) in [5, 5.41) is 18.5. The number of hydrogen-bond donors (Lipinski definition) is 2. The van der Waals surface area contributed by atoms with Gasteiger partial charge in [0.25, 0.3) is 0 Å². The van der Waals surface area contributed by atoms with Crippen LogP contribution in [0.4, 0.5) is 0 Å². The molecule has 2 N–H and O–H groups in total. The molecule has 1 aromatic carbocycles. The van der Waals surface area contributed by atoms with E-state index in [2.05, 4.69) is 0 Å². The van der Waals surface area contributed by atoms with Gasteiger partial charge in [-0.2, -0.15) is 0 Å². The summed E-state index contributed by atoms with van der Waals surface area (Å²) in [7, 11) is -1.57. The van der Waals surface area contributed by atoms with E-state index in [1.54, 1.807) is 13.0 Å². The van der Waals surface area contributed by atoms with E-state index in [1.807, 2.05) is 0 Å². The second kappa shape index (κ2) is 3.67. The first-order valence-corrected chi connectivity index (χ1v) is 4.09. The lowest BCUT2D eigenvalue weighted by atomic mass is 9.79. The van der Waals surface area contributed by atoms with Crippen molar-refractivity contribution in [3.05, 3.63) is 27.7 Å². The molecule has 2 nitrogen and oxygen atoms in total. The molecule has 0 fully saturated rings. The molecule has 0 unspecified atom stereocenters. The lowest BCUT2D eigenvalue weighted by Crippen LogP contribution is -2.31. The summed E-state index contributed by atoms with van der Waals surface area (Å²) < 4.78 is 0. The molecule has 0 heterocycles. The van der Waals surface area contributed by atoms with E-state index in [9.17, 15) is 0 Å². The number of rotatable bonds is 1. The molecule has 0 saturated heterocycles. The van der Waals surface area contributed by atoms with E-state index in [1.165, 1.54) is 6.07 Å². The fourth-order valence-electron chi connectivity index (χ4n) is 0.939. The van der Waals surface area contributed by atoms with Crippen molar-refractivity contribution < 1.29 is 10.0 Å². The van der Waals surface area contributed by atoms with Crippen molar-refractivity contribution in [2.45, 2.75) is 6.92 Å². The zero-order chi connectivity index (χ0) is 9.30. The maximum Gasteiger partial charge on any atom is 0.490 e. The fourth-order valence-corrected chi connectivity index (χ4v) is 1.43. The third-order valence-corrected chi connectivity index (χ3v) is 2.26. The molecular weight excluding hydrogens is 198 g/mol. The first-order valence-electron chi connectivity index (χ1n) is 3.34. The minimum atomic E-state index is -1.57. The van der Waals surface area contributed by atoms with Gasteiger partial charge in [-0.3, -0.25) is 0 Å². The summed E-state index contributed by atoms with van der Waals surface area (Å²) in [6.45, 7) is 1.75. The lowest BCUT2D eigenvalue weighted by Gasteiger charge is -2.05. The molecule has 0 amide bonds. The van der Waals surface area contributed by atoms with Gasteiger partial charge in [-0.05, 0) is 24.6 Å². The number of halogens is 2. The SMILES string of the molecule is Cc1cc(Cl)cc(B(O)O)c1Cl. The predicted octanol–water partition coefficient (Wildman–Crippen LogP) is 0.982. The lowest BCUT2D eigenvalue weighted by molar-refractivity contribution is 0.426. The zero-order valence-corrected chi connectivity index (χ0v) is 7.89. The summed E-state index contributed by atoms with van der Waals surface area (Å²) in [4.78, 5) is 0. The maximum absolute atomic E-state index is 8.87. The van der Waals surface area contributed by atoms with E-state index in [0.29, 0.717) is 10.0 Å². The summed E-state index contributed by atoms with van der Waals surface area (Å²) >= 11 is 11.5. The Kier molecular flexibility index (Phi) is 3.01. The summed E-state index contributed by atoms with van der Waals surface area (Å²) in [5.41, 5.74) is 0.967. The Bertz CT molecular complexity index is 302. The van der Waals surface area contributed by atoms with E-state index in [-0.39, 0.29) is 5.46 Å². The molecule has 12 heavy (non-hydrogen) atoms. The van der Waals surface area contributed by atoms with Gasteiger partial charge in [0, 0.05) is 15.5 Å². The van der Waals surface area contributed by atoms with Gasteiger partial charge in [-0.15, -0.1) is 0 Å². The van der Waals surface area contributed by atoms with Crippen LogP contribution in [0.3, 0.4) is 0 Å². The van der Waals surface area contributed by atoms with Crippen molar-refractivity contribution in [2.75, 3.05) is 0 Å². The van der Waals surface area contributed by atoms with Crippen LogP contribution in [0, 0.1) is 6.92 Å². The summed E-state index contributed by atoms with van der Waals surface area (Å²) in [5.74, 6) is 0. The molecule has 0 aliphatic rings. The van der Waals surface area contributed by atoms with Gasteiger partial charge in [0.2, 0.25) is 0 Å². The highest BCUT2D eigenvalue weighted by Crippen LogP contribution is 2.17. The average molecular weight is 205 g/mol. The van der Waals surface area contributed by atoms with E-state index >= 15 is 0 Å². The fraction of sp³-hybridized carbons (Fsp3) is 0.143. The van der Waals surface area contributed by atoms with Crippen LogP contribution >= 0.6 is 23.2 Å². The van der Waals surface area contributed by atoms with E-state index in [4.69, 9.17) is 33.2 Å². The van der Waals surface area contributed by atoms with Crippen LogP contribution in [0.15, 0.2) is 12.1 Å². The Hall–Kier alpha value is -0.215. The molecule has 5 heteroatoms. The molecule has 1 aromatic rings. The monoisotopic (exact) mass is 204 g/mol. The van der Waals surface area contributed by atoms with Crippen molar-refractivity contribution in [1.82, 2.24) is 0 Å². The van der Waals surface area contributed by atoms with Crippen LogP contribution in [0.25, 0.3) is 0 Å². The molecule has 0 radical (unpaired) electrons. The highest BCUT2D eigenvalue weighted by atomic mass is 35.5. The third-order valence-electron chi connectivity index (χ3n) is 1.53. The molecule has 0 saturated carbocycles. The molecule has 0 atom stereocenters. The Balaban J connectivity index is 3.28. The Morgan fingerprint density at radius 2 is 1.83 bits per heavy atom. The quantitative estimate of drug-likeness (QED) is 0.670. The second-order valence-corrected chi connectivity index (χ2v) is 3.31. The van der Waals surface area contributed by atoms with Crippen molar-refractivity contribution in [1.29, 1.82) is 0 Å². The predicted molar refractivity (Wildman–Crippen MR) is 51.0 cm³/mol. The van der Waals surface area contributed by atoms with Gasteiger partial charge in [0.1, 0.15) is 0 Å². The van der Waals surface area contributed by atoms with Crippen LogP contribution in [0.5, 0.6) is 0 Å². The molecule has 64 valence electrons. The summed E-state index contributed by atoms with van der Waals surface area (Å²) in [6, 6.07) is 3.09. The van der Waals surface area contributed by atoms with Crippen LogP contribution in [0.1, 0.15) is 5.56 Å². The average Bonchev–Trinajstić information content (AvgIpc) is 1.96. The number of benzene rings is 1. The third kappa shape index (κ3) is 1.93. The Morgan fingerprint density at radius 3 is 2.33 bits per heavy atom. The first-order chi connectivity index (χ1) is 5.52. The molecule has 0 aromatic heterocycles. The van der Waals surface area contributed by atoms with E-state index < -0.39 is 7.12 Å². The topological polar surface area (TPSA) is 40.5 Å². The highest BCUT2D eigenvalue weighted by molar-refractivity contribution is 6.63. The van der Waals surface area contributed by atoms with Crippen molar-refractivity contribution in [2.24, 2.45) is 0 Å². The van der Waals surface area contributed by atoms with Crippen molar-refractivity contribution in [3.8, 4) is 0 Å². The minimum absolute atomic E-state index is 0.238. The first kappa shape index (κ1) is 9.87. The molecule has 0 aliphatic heterocycles. The molecule has 1 rings (SSSR count). The van der Waals surface area contributed by atoms with Crippen molar-refractivity contribution in [3.63, 3.8) is 0 Å². The van der Waals surface area contributed by atoms with Gasteiger partial charge < -0.3 is 10.0 Å². The summed E-state index contributed by atoms with van der Waals surface area (Å²) in [6.07, 6.45) is 0. The number of aryl methyl sites for hydroxylation is 1. The largest absolute Gasteiger partial charge is 0.490 e. The van der Waals surface area contributed by atoms with Crippen molar-refractivity contribution >= 4 is 35.8 Å². The van der Waals surface area contributed by atoms with Gasteiger partial charge >= 0.3 is 7.12 Å². The Morgan fingerprint density at radius 1 is 1.25 bits per heavy atom. The Labute approximate surface area is 80.9 Å². The smallest absolute Gasteiger partial charge is 0.423 e. The second-order valence-electron chi connectivity index (χ2n) is 2.50. The zero-order valence-electron chi connectivity index (χ0n) is 6.38. The molecule has 0 aliphatic carbocycles. The number of hydrogen-bond acceptors (Lipinski definition) is 2. The van der Waals surface area contributed by atoms with Crippen LogP contribution in [-0.2, 0) is 0 Å². The minimum Gasteiger partial charge on any atom is -0.423 e. The molecule has 0 spiro atoms. The van der Waals surface area contributed by atoms with Gasteiger partial charge in [0.15, 0.2) is 0 Å². The normalized spacial score (nSPS) is 10.1. The van der Waals surface area contributed by atoms with Gasteiger partial charge in [-0.1, -0.05) is 23.2 Å². The van der Waals surface area contributed by atoms with Gasteiger partial charge in [0.05, 0.1) is 0 Å².